The van der Waals surface area contributed by atoms with Gasteiger partial charge in [0.1, 0.15) is 6.61 Å². The Morgan fingerprint density at radius 1 is 1.47 bits per heavy atom. The van der Waals surface area contributed by atoms with Gasteiger partial charge in [0.15, 0.2) is 0 Å². The Bertz CT molecular complexity index is 267. The molecule has 0 aromatic rings. The van der Waals surface area contributed by atoms with E-state index >= 15 is 0 Å². The lowest BCUT2D eigenvalue weighted by Gasteiger charge is -2.30. The van der Waals surface area contributed by atoms with Crippen molar-refractivity contribution < 1.29 is 19.4 Å². The molecule has 1 aliphatic heterocycles. The van der Waals surface area contributed by atoms with Crippen molar-refractivity contribution in [3.8, 4) is 0 Å². The number of ether oxygens (including phenoxy) is 1. The number of unbranched alkanes of at least 4 members (excludes halogenated alkanes) is 1. The number of rotatable bonds is 6. The maximum Gasteiger partial charge on any atom is 0.308 e. The van der Waals surface area contributed by atoms with Crippen LogP contribution >= 0.6 is 0 Å². The topological polar surface area (TPSA) is 66.8 Å². The largest absolute Gasteiger partial charge is 0.481 e. The van der Waals surface area contributed by atoms with Gasteiger partial charge in [0.2, 0.25) is 5.91 Å². The fourth-order valence-corrected chi connectivity index (χ4v) is 1.90. The van der Waals surface area contributed by atoms with Crippen molar-refractivity contribution in [2.45, 2.75) is 32.6 Å². The Balaban J connectivity index is 2.28. The summed E-state index contributed by atoms with van der Waals surface area (Å²) in [5, 5.41) is 8.91. The monoisotopic (exact) mass is 243 g/mol. The number of carboxylic acid groups (broad SMARTS) is 1. The van der Waals surface area contributed by atoms with Gasteiger partial charge in [-0.2, -0.15) is 0 Å². The average Bonchev–Trinajstić information content (AvgIpc) is 2.34. The minimum absolute atomic E-state index is 0.0757. The predicted molar refractivity (Wildman–Crippen MR) is 62.7 cm³/mol. The molecule has 0 aliphatic carbocycles. The van der Waals surface area contributed by atoms with Crippen LogP contribution in [0, 0.1) is 5.92 Å². The summed E-state index contributed by atoms with van der Waals surface area (Å²) in [6.07, 6.45) is 3.41. The molecule has 1 N–H and O–H groups in total. The Kier molecular flexibility index (Phi) is 5.97. The van der Waals surface area contributed by atoms with Crippen LogP contribution in [0.25, 0.3) is 0 Å². The number of aliphatic carboxylic acids is 1. The highest BCUT2D eigenvalue weighted by atomic mass is 16.5. The van der Waals surface area contributed by atoms with Gasteiger partial charge in [0, 0.05) is 19.7 Å². The number of amides is 1. The maximum atomic E-state index is 11.7. The average molecular weight is 243 g/mol. The fraction of sp³-hybridized carbons (Fsp3) is 0.833. The summed E-state index contributed by atoms with van der Waals surface area (Å²) in [5.41, 5.74) is 0. The summed E-state index contributed by atoms with van der Waals surface area (Å²) in [6, 6.07) is 0. The molecule has 0 aromatic carbocycles. The first kappa shape index (κ1) is 14.0. The molecule has 0 bridgehead atoms. The molecule has 0 aromatic heterocycles. The van der Waals surface area contributed by atoms with Gasteiger partial charge in [0.25, 0.3) is 0 Å². The third kappa shape index (κ3) is 4.73. The van der Waals surface area contributed by atoms with Crippen LogP contribution in [0.1, 0.15) is 32.6 Å². The van der Waals surface area contributed by atoms with Crippen LogP contribution in [0.2, 0.25) is 0 Å². The molecule has 1 fully saturated rings. The molecule has 1 aliphatic rings. The number of carboxylic acids is 1. The van der Waals surface area contributed by atoms with Gasteiger partial charge < -0.3 is 14.7 Å². The molecule has 0 unspecified atom stereocenters. The standard InChI is InChI=1S/C12H21NO4/c1-2-3-7-17-9-11(14)13-6-4-5-10(8-13)12(15)16/h10H,2-9H2,1H3,(H,15,16)/t10-/m0/s1. The number of hydrogen-bond acceptors (Lipinski definition) is 3. The van der Waals surface area contributed by atoms with E-state index < -0.39 is 11.9 Å². The number of hydrogen-bond donors (Lipinski definition) is 1. The van der Waals surface area contributed by atoms with Crippen molar-refractivity contribution in [3.63, 3.8) is 0 Å². The molecule has 98 valence electrons. The number of carbonyl (C=O) groups is 2. The molecule has 17 heavy (non-hydrogen) atoms. The lowest BCUT2D eigenvalue weighted by molar-refractivity contribution is -0.147. The van der Waals surface area contributed by atoms with Gasteiger partial charge >= 0.3 is 5.97 Å². The van der Waals surface area contributed by atoms with E-state index in [1.165, 1.54) is 0 Å². The Labute approximate surface area is 102 Å². The Hall–Kier alpha value is -1.10. The first-order valence-corrected chi connectivity index (χ1v) is 6.23. The highest BCUT2D eigenvalue weighted by Crippen LogP contribution is 2.16. The second-order valence-electron chi connectivity index (χ2n) is 4.42. The molecule has 1 heterocycles. The normalized spacial score (nSPS) is 20.3. The van der Waals surface area contributed by atoms with E-state index in [4.69, 9.17) is 9.84 Å². The highest BCUT2D eigenvalue weighted by Gasteiger charge is 2.27. The van der Waals surface area contributed by atoms with Crippen LogP contribution < -0.4 is 0 Å². The van der Waals surface area contributed by atoms with Crippen LogP contribution in [0.15, 0.2) is 0 Å². The van der Waals surface area contributed by atoms with Crippen molar-refractivity contribution >= 4 is 11.9 Å². The smallest absolute Gasteiger partial charge is 0.308 e. The van der Waals surface area contributed by atoms with E-state index in [0.29, 0.717) is 26.1 Å². The van der Waals surface area contributed by atoms with Crippen LogP contribution in [0.5, 0.6) is 0 Å². The summed E-state index contributed by atoms with van der Waals surface area (Å²) in [7, 11) is 0. The third-order valence-electron chi connectivity index (χ3n) is 2.99. The second kappa shape index (κ2) is 7.27. The first-order chi connectivity index (χ1) is 8.15. The van der Waals surface area contributed by atoms with Gasteiger partial charge in [0.05, 0.1) is 5.92 Å². The third-order valence-corrected chi connectivity index (χ3v) is 2.99. The zero-order valence-electron chi connectivity index (χ0n) is 10.4. The van der Waals surface area contributed by atoms with Gasteiger partial charge in [-0.25, -0.2) is 0 Å². The van der Waals surface area contributed by atoms with E-state index in [2.05, 4.69) is 6.92 Å². The maximum absolute atomic E-state index is 11.7. The van der Waals surface area contributed by atoms with Gasteiger partial charge in [-0.05, 0) is 19.3 Å². The number of likely N-dealkylation sites (tertiary alicyclic amines) is 1. The van der Waals surface area contributed by atoms with Gasteiger partial charge in [-0.1, -0.05) is 13.3 Å². The Morgan fingerprint density at radius 3 is 2.88 bits per heavy atom. The van der Waals surface area contributed by atoms with Gasteiger partial charge in [-0.3, -0.25) is 9.59 Å². The van der Waals surface area contributed by atoms with Gasteiger partial charge in [-0.15, -0.1) is 0 Å². The molecule has 0 radical (unpaired) electrons. The fourth-order valence-electron chi connectivity index (χ4n) is 1.90. The lowest BCUT2D eigenvalue weighted by Crippen LogP contribution is -2.43. The molecule has 1 saturated heterocycles. The summed E-state index contributed by atoms with van der Waals surface area (Å²) in [6.45, 7) is 3.71. The van der Waals surface area contributed by atoms with Crippen molar-refractivity contribution in [2.24, 2.45) is 5.92 Å². The van der Waals surface area contributed by atoms with E-state index in [9.17, 15) is 9.59 Å². The number of nitrogens with zero attached hydrogens (tertiary/aromatic N) is 1. The molecule has 1 amide bonds. The predicted octanol–water partition coefficient (Wildman–Crippen LogP) is 1.13. The van der Waals surface area contributed by atoms with Crippen LogP contribution in [0.4, 0.5) is 0 Å². The highest BCUT2D eigenvalue weighted by molar-refractivity contribution is 5.79. The zero-order valence-corrected chi connectivity index (χ0v) is 10.4. The van der Waals surface area contributed by atoms with Crippen molar-refractivity contribution in [1.29, 1.82) is 0 Å². The zero-order chi connectivity index (χ0) is 12.7. The SMILES string of the molecule is CCCCOCC(=O)N1CCC[C@H](C(=O)O)C1. The van der Waals surface area contributed by atoms with Crippen molar-refractivity contribution in [2.75, 3.05) is 26.3 Å². The molecular weight excluding hydrogens is 222 g/mol. The lowest BCUT2D eigenvalue weighted by atomic mass is 9.98. The molecule has 0 saturated carbocycles. The molecule has 1 rings (SSSR count). The van der Waals surface area contributed by atoms with Crippen LogP contribution in [0.3, 0.4) is 0 Å². The molecule has 5 heteroatoms. The summed E-state index contributed by atoms with van der Waals surface area (Å²) in [4.78, 5) is 24.2. The second-order valence-corrected chi connectivity index (χ2v) is 4.42. The first-order valence-electron chi connectivity index (χ1n) is 6.23. The summed E-state index contributed by atoms with van der Waals surface area (Å²) >= 11 is 0. The summed E-state index contributed by atoms with van der Waals surface area (Å²) in [5.74, 6) is -1.32. The van der Waals surface area contributed by atoms with E-state index in [1.807, 2.05) is 0 Å². The quantitative estimate of drug-likeness (QED) is 0.710. The van der Waals surface area contributed by atoms with Crippen molar-refractivity contribution in [1.82, 2.24) is 4.90 Å². The van der Waals surface area contributed by atoms with E-state index in [0.717, 1.165) is 19.3 Å². The minimum atomic E-state index is -0.811. The summed E-state index contributed by atoms with van der Waals surface area (Å²) < 4.78 is 5.25. The van der Waals surface area contributed by atoms with E-state index in [1.54, 1.807) is 4.90 Å². The molecule has 0 spiro atoms. The van der Waals surface area contributed by atoms with E-state index in [-0.39, 0.29) is 12.5 Å². The van der Waals surface area contributed by atoms with Crippen molar-refractivity contribution in [3.05, 3.63) is 0 Å². The molecular formula is C12H21NO4. The number of carbonyl (C=O) groups excluding carboxylic acids is 1. The Morgan fingerprint density at radius 2 is 2.24 bits per heavy atom. The van der Waals surface area contributed by atoms with Crippen LogP contribution in [-0.4, -0.2) is 48.2 Å². The molecule has 1 atom stereocenters. The minimum Gasteiger partial charge on any atom is -0.481 e. The number of piperidine rings is 1. The van der Waals surface area contributed by atoms with Crippen LogP contribution in [-0.2, 0) is 14.3 Å². The molecule has 5 nitrogen and oxygen atoms in total.